The van der Waals surface area contributed by atoms with Crippen molar-refractivity contribution in [3.8, 4) is 0 Å². The lowest BCUT2D eigenvalue weighted by Gasteiger charge is -2.41. The Bertz CT molecular complexity index is 336. The quantitative estimate of drug-likeness (QED) is 0.738. The molecule has 1 aliphatic carbocycles. The van der Waals surface area contributed by atoms with Crippen LogP contribution >= 0.6 is 0 Å². The number of carboxylic acid groups (broad SMARTS) is 1. The fraction of sp³-hybridized carbons (Fsp3) is 0.933. The maximum Gasteiger partial charge on any atom is 0.325 e. The second-order valence-electron chi connectivity index (χ2n) is 6.43. The van der Waals surface area contributed by atoms with Gasteiger partial charge in [0.2, 0.25) is 0 Å². The molecular formula is C15H28N2O3. The monoisotopic (exact) mass is 284 g/mol. The third kappa shape index (κ3) is 3.51. The molecule has 5 nitrogen and oxygen atoms in total. The molecule has 0 aromatic heterocycles. The molecule has 116 valence electrons. The Kier molecular flexibility index (Phi) is 5.04. The summed E-state index contributed by atoms with van der Waals surface area (Å²) < 4.78 is 5.74. The molecule has 1 saturated carbocycles. The average Bonchev–Trinajstić information content (AvgIpc) is 3.17. The van der Waals surface area contributed by atoms with E-state index in [9.17, 15) is 9.90 Å². The summed E-state index contributed by atoms with van der Waals surface area (Å²) in [5.41, 5.74) is -0.771. The number of ether oxygens (including phenoxy) is 1. The van der Waals surface area contributed by atoms with Crippen LogP contribution in [-0.4, -0.2) is 59.9 Å². The minimum Gasteiger partial charge on any atom is -0.480 e. The summed E-state index contributed by atoms with van der Waals surface area (Å²) in [6.45, 7) is 9.18. The first kappa shape index (κ1) is 15.7. The van der Waals surface area contributed by atoms with Crippen LogP contribution in [0.4, 0.5) is 0 Å². The second-order valence-corrected chi connectivity index (χ2v) is 6.43. The van der Waals surface area contributed by atoms with Gasteiger partial charge in [0.05, 0.1) is 12.2 Å². The van der Waals surface area contributed by atoms with Crippen LogP contribution in [0.3, 0.4) is 0 Å². The van der Waals surface area contributed by atoms with Crippen molar-refractivity contribution in [2.24, 2.45) is 5.92 Å². The molecule has 2 N–H and O–H groups in total. The van der Waals surface area contributed by atoms with Crippen LogP contribution in [0.5, 0.6) is 0 Å². The van der Waals surface area contributed by atoms with Crippen molar-refractivity contribution in [3.63, 3.8) is 0 Å². The van der Waals surface area contributed by atoms with Gasteiger partial charge in [-0.2, -0.15) is 0 Å². The Morgan fingerprint density at radius 3 is 2.40 bits per heavy atom. The van der Waals surface area contributed by atoms with Gasteiger partial charge in [0.1, 0.15) is 5.54 Å². The van der Waals surface area contributed by atoms with E-state index in [2.05, 4.69) is 31.0 Å². The molecule has 0 aromatic rings. The van der Waals surface area contributed by atoms with Crippen molar-refractivity contribution in [1.82, 2.24) is 10.2 Å². The first-order valence-electron chi connectivity index (χ1n) is 7.84. The number of hydrogen-bond acceptors (Lipinski definition) is 4. The molecule has 1 heterocycles. The molecule has 0 amide bonds. The van der Waals surface area contributed by atoms with E-state index in [0.717, 1.165) is 38.9 Å². The number of hydrogen-bond donors (Lipinski definition) is 2. The fourth-order valence-corrected chi connectivity index (χ4v) is 3.34. The van der Waals surface area contributed by atoms with Gasteiger partial charge in [-0.15, -0.1) is 0 Å². The van der Waals surface area contributed by atoms with Crippen LogP contribution in [0.1, 0.15) is 40.0 Å². The fourth-order valence-electron chi connectivity index (χ4n) is 3.34. The summed E-state index contributed by atoms with van der Waals surface area (Å²) in [5.74, 6) is -0.416. The molecule has 20 heavy (non-hydrogen) atoms. The van der Waals surface area contributed by atoms with Gasteiger partial charge < -0.3 is 15.2 Å². The molecule has 1 unspecified atom stereocenters. The van der Waals surface area contributed by atoms with Gasteiger partial charge in [-0.3, -0.25) is 9.69 Å². The molecule has 3 atom stereocenters. The normalized spacial score (nSPS) is 30.9. The predicted octanol–water partition coefficient (Wildman–Crippen LogP) is 1.33. The highest BCUT2D eigenvalue weighted by Gasteiger charge is 2.52. The molecule has 2 aliphatic rings. The number of morpholine rings is 1. The van der Waals surface area contributed by atoms with Gasteiger partial charge in [-0.1, -0.05) is 6.92 Å². The summed E-state index contributed by atoms with van der Waals surface area (Å²) in [4.78, 5) is 14.2. The van der Waals surface area contributed by atoms with Gasteiger partial charge in [-0.05, 0) is 45.6 Å². The molecule has 2 rings (SSSR count). The van der Waals surface area contributed by atoms with Gasteiger partial charge >= 0.3 is 5.97 Å². The van der Waals surface area contributed by atoms with Crippen LogP contribution in [0, 0.1) is 5.92 Å². The number of nitrogens with zero attached hydrogens (tertiary/aromatic N) is 1. The molecule has 2 fully saturated rings. The summed E-state index contributed by atoms with van der Waals surface area (Å²) in [5, 5.41) is 13.1. The van der Waals surface area contributed by atoms with Crippen molar-refractivity contribution in [3.05, 3.63) is 0 Å². The maximum atomic E-state index is 11.9. The minimum absolute atomic E-state index is 0.177. The number of nitrogens with one attached hydrogen (secondary N) is 1. The van der Waals surface area contributed by atoms with E-state index in [1.807, 2.05) is 0 Å². The minimum atomic E-state index is -0.771. The van der Waals surface area contributed by atoms with E-state index in [1.165, 1.54) is 0 Å². The zero-order chi connectivity index (χ0) is 14.8. The van der Waals surface area contributed by atoms with Gasteiger partial charge in [-0.25, -0.2) is 0 Å². The summed E-state index contributed by atoms with van der Waals surface area (Å²) in [6.07, 6.45) is 3.36. The maximum absolute atomic E-state index is 11.9. The third-order valence-electron chi connectivity index (χ3n) is 4.31. The highest BCUT2D eigenvalue weighted by atomic mass is 16.5. The first-order chi connectivity index (χ1) is 9.48. The molecule has 0 bridgehead atoms. The molecular weight excluding hydrogens is 256 g/mol. The lowest BCUT2D eigenvalue weighted by Crippen LogP contribution is -2.63. The van der Waals surface area contributed by atoms with Gasteiger partial charge in [0, 0.05) is 19.6 Å². The number of carbonyl (C=O) groups is 1. The van der Waals surface area contributed by atoms with E-state index in [-0.39, 0.29) is 18.1 Å². The van der Waals surface area contributed by atoms with E-state index in [4.69, 9.17) is 4.74 Å². The molecule has 0 spiro atoms. The highest BCUT2D eigenvalue weighted by molar-refractivity contribution is 5.80. The standard InChI is InChI=1S/C15H28N2O3/c1-4-7-16-15(14(18)19,13-5-6-13)10-17-8-11(2)20-12(3)9-17/h11-13,16H,4-10H2,1-3H3,(H,18,19)/t11-,12+,15?. The van der Waals surface area contributed by atoms with Gasteiger partial charge in [0.25, 0.3) is 0 Å². The number of carboxylic acids is 1. The molecule has 1 aliphatic heterocycles. The van der Waals surface area contributed by atoms with Crippen LogP contribution in [-0.2, 0) is 9.53 Å². The van der Waals surface area contributed by atoms with Crippen molar-refractivity contribution >= 4 is 5.97 Å². The zero-order valence-electron chi connectivity index (χ0n) is 12.9. The molecule has 5 heteroatoms. The van der Waals surface area contributed by atoms with Crippen LogP contribution in [0.25, 0.3) is 0 Å². The molecule has 0 aromatic carbocycles. The number of rotatable bonds is 7. The van der Waals surface area contributed by atoms with Crippen molar-refractivity contribution in [1.29, 1.82) is 0 Å². The van der Waals surface area contributed by atoms with Gasteiger partial charge in [0.15, 0.2) is 0 Å². The third-order valence-corrected chi connectivity index (χ3v) is 4.31. The van der Waals surface area contributed by atoms with Crippen molar-refractivity contribution in [2.45, 2.75) is 57.8 Å². The lowest BCUT2D eigenvalue weighted by atomic mass is 9.91. The summed E-state index contributed by atoms with van der Waals surface area (Å²) >= 11 is 0. The van der Waals surface area contributed by atoms with Crippen LogP contribution in [0.15, 0.2) is 0 Å². The Labute approximate surface area is 121 Å². The topological polar surface area (TPSA) is 61.8 Å². The van der Waals surface area contributed by atoms with Crippen LogP contribution in [0.2, 0.25) is 0 Å². The largest absolute Gasteiger partial charge is 0.480 e. The Morgan fingerprint density at radius 2 is 1.95 bits per heavy atom. The number of aliphatic carboxylic acids is 1. The average molecular weight is 284 g/mol. The molecule has 1 saturated heterocycles. The SMILES string of the molecule is CCCNC(CN1C[C@@H](C)O[C@@H](C)C1)(C(=O)O)C1CC1. The summed E-state index contributed by atoms with van der Waals surface area (Å²) in [6, 6.07) is 0. The Morgan fingerprint density at radius 1 is 1.35 bits per heavy atom. The predicted molar refractivity (Wildman–Crippen MR) is 77.8 cm³/mol. The van der Waals surface area contributed by atoms with E-state index in [1.54, 1.807) is 0 Å². The molecule has 0 radical (unpaired) electrons. The van der Waals surface area contributed by atoms with E-state index >= 15 is 0 Å². The Balaban J connectivity index is 2.08. The summed E-state index contributed by atoms with van der Waals surface area (Å²) in [7, 11) is 0. The first-order valence-corrected chi connectivity index (χ1v) is 7.84. The van der Waals surface area contributed by atoms with E-state index < -0.39 is 11.5 Å². The highest BCUT2D eigenvalue weighted by Crippen LogP contribution is 2.40. The zero-order valence-corrected chi connectivity index (χ0v) is 12.9. The lowest BCUT2D eigenvalue weighted by molar-refractivity contribution is -0.149. The van der Waals surface area contributed by atoms with Crippen molar-refractivity contribution < 1.29 is 14.6 Å². The second kappa shape index (κ2) is 6.41. The Hall–Kier alpha value is -0.650. The van der Waals surface area contributed by atoms with E-state index in [0.29, 0.717) is 6.54 Å². The van der Waals surface area contributed by atoms with Crippen LogP contribution < -0.4 is 5.32 Å². The van der Waals surface area contributed by atoms with Crippen molar-refractivity contribution in [2.75, 3.05) is 26.2 Å². The smallest absolute Gasteiger partial charge is 0.325 e.